The SMILES string of the molecule is CC(C)(C)c1cc(-c2ccc(Oc3cc(Br)cc(-c4cc(C(C)(C)C)cc(C(C)(C)C)c4)c3)cc2)cc(C(C)(C)C)c1. The molecule has 0 unspecified atom stereocenters. The van der Waals surface area contributed by atoms with E-state index in [-0.39, 0.29) is 21.7 Å². The van der Waals surface area contributed by atoms with Gasteiger partial charge in [0, 0.05) is 4.47 Å². The molecule has 0 aliphatic carbocycles. The lowest BCUT2D eigenvalue weighted by Crippen LogP contribution is -2.16. The van der Waals surface area contributed by atoms with Gasteiger partial charge in [0.2, 0.25) is 0 Å². The summed E-state index contributed by atoms with van der Waals surface area (Å²) in [7, 11) is 0. The summed E-state index contributed by atoms with van der Waals surface area (Å²) in [5, 5.41) is 0. The smallest absolute Gasteiger partial charge is 0.129 e. The van der Waals surface area contributed by atoms with Crippen molar-refractivity contribution < 1.29 is 4.74 Å². The van der Waals surface area contributed by atoms with Crippen molar-refractivity contribution in [1.29, 1.82) is 0 Å². The molecule has 0 saturated carbocycles. The van der Waals surface area contributed by atoms with E-state index in [0.29, 0.717) is 0 Å². The van der Waals surface area contributed by atoms with Gasteiger partial charge in [-0.25, -0.2) is 0 Å². The van der Waals surface area contributed by atoms with Gasteiger partial charge in [-0.2, -0.15) is 0 Å². The van der Waals surface area contributed by atoms with E-state index >= 15 is 0 Å². The zero-order valence-corrected chi connectivity index (χ0v) is 29.4. The van der Waals surface area contributed by atoms with E-state index in [1.54, 1.807) is 0 Å². The largest absolute Gasteiger partial charge is 0.457 e. The summed E-state index contributed by atoms with van der Waals surface area (Å²) in [6.07, 6.45) is 0. The highest BCUT2D eigenvalue weighted by molar-refractivity contribution is 9.10. The van der Waals surface area contributed by atoms with Gasteiger partial charge in [0.1, 0.15) is 11.5 Å². The molecular weight excluding hydrogens is 576 g/mol. The van der Waals surface area contributed by atoms with Crippen LogP contribution in [0, 0.1) is 0 Å². The second-order valence-corrected chi connectivity index (χ2v) is 16.8. The van der Waals surface area contributed by atoms with Gasteiger partial charge in [-0.05, 0) is 96.5 Å². The topological polar surface area (TPSA) is 9.23 Å². The second-order valence-electron chi connectivity index (χ2n) is 15.9. The van der Waals surface area contributed by atoms with Crippen LogP contribution in [0.1, 0.15) is 105 Å². The predicted octanol–water partition coefficient (Wildman–Crippen LogP) is 12.8. The van der Waals surface area contributed by atoms with Gasteiger partial charge in [-0.1, -0.05) is 148 Å². The molecule has 0 spiro atoms. The zero-order valence-electron chi connectivity index (χ0n) is 27.8. The van der Waals surface area contributed by atoms with Crippen molar-refractivity contribution in [1.82, 2.24) is 0 Å². The third-order valence-corrected chi connectivity index (χ3v) is 8.42. The van der Waals surface area contributed by atoms with E-state index in [1.807, 2.05) is 6.07 Å². The standard InChI is InChI=1S/C40H49BrO/c1-37(2,3)30-17-27(18-31(23-30)38(4,5)6)26-13-15-35(16-14-26)42-36-22-29(21-34(41)25-36)28-19-32(39(7,8)9)24-33(20-28)40(10,11)12/h13-25H,1-12H3. The fraction of sp³-hybridized carbons (Fsp3) is 0.400. The summed E-state index contributed by atoms with van der Waals surface area (Å²) in [5.41, 5.74) is 10.5. The van der Waals surface area contributed by atoms with Crippen LogP contribution in [-0.2, 0) is 21.7 Å². The molecule has 0 N–H and O–H groups in total. The molecule has 0 saturated heterocycles. The van der Waals surface area contributed by atoms with Crippen LogP contribution < -0.4 is 4.74 Å². The molecule has 0 amide bonds. The lowest BCUT2D eigenvalue weighted by molar-refractivity contribution is 0.482. The molecule has 4 aromatic rings. The van der Waals surface area contributed by atoms with Crippen molar-refractivity contribution in [3.8, 4) is 33.8 Å². The molecule has 0 bridgehead atoms. The van der Waals surface area contributed by atoms with Gasteiger partial charge in [0.15, 0.2) is 0 Å². The molecule has 0 fully saturated rings. The normalized spacial score (nSPS) is 12.9. The summed E-state index contributed by atoms with van der Waals surface area (Å²) < 4.78 is 7.43. The Morgan fingerprint density at radius 1 is 0.381 bits per heavy atom. The molecule has 4 rings (SSSR count). The average molecular weight is 626 g/mol. The molecule has 0 heterocycles. The van der Waals surface area contributed by atoms with Gasteiger partial charge in [-0.3, -0.25) is 0 Å². The van der Waals surface area contributed by atoms with Gasteiger partial charge in [0.05, 0.1) is 0 Å². The van der Waals surface area contributed by atoms with E-state index < -0.39 is 0 Å². The van der Waals surface area contributed by atoms with Gasteiger partial charge >= 0.3 is 0 Å². The summed E-state index contributed by atoms with van der Waals surface area (Å²) >= 11 is 3.75. The van der Waals surface area contributed by atoms with Crippen molar-refractivity contribution in [2.24, 2.45) is 0 Å². The third-order valence-electron chi connectivity index (χ3n) is 7.96. The molecule has 42 heavy (non-hydrogen) atoms. The fourth-order valence-electron chi connectivity index (χ4n) is 4.96. The molecule has 1 nitrogen and oxygen atoms in total. The van der Waals surface area contributed by atoms with Crippen molar-refractivity contribution in [2.75, 3.05) is 0 Å². The maximum atomic E-state index is 6.43. The van der Waals surface area contributed by atoms with Crippen LogP contribution in [0.15, 0.2) is 83.3 Å². The van der Waals surface area contributed by atoms with E-state index in [9.17, 15) is 0 Å². The molecule has 4 aromatic carbocycles. The number of ether oxygens (including phenoxy) is 1. The summed E-state index contributed by atoms with van der Waals surface area (Å²) in [5.74, 6) is 1.64. The number of hydrogen-bond acceptors (Lipinski definition) is 1. The highest BCUT2D eigenvalue weighted by Gasteiger charge is 2.22. The minimum atomic E-state index is 0.0587. The summed E-state index contributed by atoms with van der Waals surface area (Å²) in [6, 6.07) is 28.9. The predicted molar refractivity (Wildman–Crippen MR) is 186 cm³/mol. The third kappa shape index (κ3) is 7.75. The lowest BCUT2D eigenvalue weighted by atomic mass is 9.79. The van der Waals surface area contributed by atoms with Crippen LogP contribution in [0.3, 0.4) is 0 Å². The fourth-order valence-corrected chi connectivity index (χ4v) is 5.43. The number of halogens is 1. The average Bonchev–Trinajstić information content (AvgIpc) is 2.86. The Kier molecular flexibility index (Phi) is 8.66. The second kappa shape index (κ2) is 11.3. The van der Waals surface area contributed by atoms with Gasteiger partial charge in [0.25, 0.3) is 0 Å². The number of rotatable bonds is 4. The quantitative estimate of drug-likeness (QED) is 0.219. The first-order valence-corrected chi connectivity index (χ1v) is 15.9. The Hall–Kier alpha value is -2.84. The van der Waals surface area contributed by atoms with Crippen LogP contribution in [-0.4, -0.2) is 0 Å². The van der Waals surface area contributed by atoms with Crippen LogP contribution in [0.4, 0.5) is 0 Å². The van der Waals surface area contributed by atoms with E-state index in [0.717, 1.165) is 21.5 Å². The number of benzene rings is 4. The summed E-state index contributed by atoms with van der Waals surface area (Å²) in [4.78, 5) is 0. The van der Waals surface area contributed by atoms with Crippen LogP contribution in [0.5, 0.6) is 11.5 Å². The first-order chi connectivity index (χ1) is 19.2. The Balaban J connectivity index is 1.68. The first kappa shape index (κ1) is 32.1. The van der Waals surface area contributed by atoms with Crippen molar-refractivity contribution in [3.63, 3.8) is 0 Å². The molecule has 222 valence electrons. The molecular formula is C40H49BrO. The molecule has 0 aliphatic heterocycles. The van der Waals surface area contributed by atoms with Gasteiger partial charge in [-0.15, -0.1) is 0 Å². The molecule has 0 aliphatic rings. The van der Waals surface area contributed by atoms with Crippen molar-refractivity contribution >= 4 is 15.9 Å². The Labute approximate surface area is 263 Å². The minimum Gasteiger partial charge on any atom is -0.457 e. The van der Waals surface area contributed by atoms with E-state index in [2.05, 4.69) is 172 Å². The van der Waals surface area contributed by atoms with E-state index in [1.165, 1.54) is 38.9 Å². The van der Waals surface area contributed by atoms with Crippen LogP contribution in [0.2, 0.25) is 0 Å². The van der Waals surface area contributed by atoms with Gasteiger partial charge < -0.3 is 4.74 Å². The lowest BCUT2D eigenvalue weighted by Gasteiger charge is -2.26. The Morgan fingerprint density at radius 2 is 0.738 bits per heavy atom. The highest BCUT2D eigenvalue weighted by Crippen LogP contribution is 2.38. The van der Waals surface area contributed by atoms with Crippen LogP contribution >= 0.6 is 15.9 Å². The molecule has 0 radical (unpaired) electrons. The van der Waals surface area contributed by atoms with Crippen molar-refractivity contribution in [2.45, 2.75) is 105 Å². The Morgan fingerprint density at radius 3 is 1.12 bits per heavy atom. The zero-order chi connectivity index (χ0) is 31.3. The molecule has 0 atom stereocenters. The maximum absolute atomic E-state index is 6.43. The highest BCUT2D eigenvalue weighted by atomic mass is 79.9. The Bertz CT molecular complexity index is 1500. The molecule has 2 heteroatoms. The van der Waals surface area contributed by atoms with Crippen molar-refractivity contribution in [3.05, 3.63) is 106 Å². The molecule has 0 aromatic heterocycles. The first-order valence-electron chi connectivity index (χ1n) is 15.1. The van der Waals surface area contributed by atoms with E-state index in [4.69, 9.17) is 4.74 Å². The maximum Gasteiger partial charge on any atom is 0.129 e. The number of hydrogen-bond donors (Lipinski definition) is 0. The summed E-state index contributed by atoms with van der Waals surface area (Å²) in [6.45, 7) is 27.4. The minimum absolute atomic E-state index is 0.0587. The van der Waals surface area contributed by atoms with Crippen LogP contribution in [0.25, 0.3) is 22.3 Å². The monoisotopic (exact) mass is 624 g/mol.